The van der Waals surface area contributed by atoms with Crippen LogP contribution in [0, 0.1) is 0 Å². The van der Waals surface area contributed by atoms with Gasteiger partial charge in [-0.2, -0.15) is 0 Å². The summed E-state index contributed by atoms with van der Waals surface area (Å²) >= 11 is 0. The van der Waals surface area contributed by atoms with E-state index in [4.69, 9.17) is 9.84 Å². The molecular weight excluding hydrogens is 194 g/mol. The van der Waals surface area contributed by atoms with Gasteiger partial charge in [-0.05, 0) is 20.4 Å². The third kappa shape index (κ3) is 8.15. The number of carboxylic acids is 1. The van der Waals surface area contributed by atoms with Crippen molar-refractivity contribution < 1.29 is 14.6 Å². The summed E-state index contributed by atoms with van der Waals surface area (Å²) in [6, 6.07) is 0. The van der Waals surface area contributed by atoms with Crippen molar-refractivity contribution in [2.75, 3.05) is 32.8 Å². The van der Waals surface area contributed by atoms with Gasteiger partial charge in [-0.1, -0.05) is 12.5 Å². The van der Waals surface area contributed by atoms with Gasteiger partial charge in [-0.3, -0.25) is 4.90 Å². The van der Waals surface area contributed by atoms with Crippen molar-refractivity contribution in [1.29, 1.82) is 0 Å². The van der Waals surface area contributed by atoms with Crippen LogP contribution in [-0.2, 0) is 9.53 Å². The van der Waals surface area contributed by atoms with Crippen molar-refractivity contribution in [1.82, 2.24) is 4.90 Å². The molecule has 0 bridgehead atoms. The Hall–Kier alpha value is -0.870. The average molecular weight is 215 g/mol. The molecule has 0 fully saturated rings. The molecule has 88 valence electrons. The number of aliphatic carboxylic acids is 1. The zero-order valence-corrected chi connectivity index (χ0v) is 9.82. The Morgan fingerprint density at radius 3 is 2.60 bits per heavy atom. The molecule has 0 aliphatic heterocycles. The Morgan fingerprint density at radius 2 is 2.13 bits per heavy atom. The molecule has 0 saturated heterocycles. The SMILES string of the molecule is CCOCCN(CC)CC(C)=CC(=O)O. The highest BCUT2D eigenvalue weighted by atomic mass is 16.5. The largest absolute Gasteiger partial charge is 0.478 e. The van der Waals surface area contributed by atoms with Crippen LogP contribution in [0.2, 0.25) is 0 Å². The molecule has 4 nitrogen and oxygen atoms in total. The number of nitrogens with zero attached hydrogens (tertiary/aromatic N) is 1. The molecule has 1 N–H and O–H groups in total. The number of hydrogen-bond acceptors (Lipinski definition) is 3. The molecule has 0 rings (SSSR count). The van der Waals surface area contributed by atoms with Crippen molar-refractivity contribution in [3.63, 3.8) is 0 Å². The summed E-state index contributed by atoms with van der Waals surface area (Å²) in [6.07, 6.45) is 1.25. The van der Waals surface area contributed by atoms with Crippen LogP contribution in [0.25, 0.3) is 0 Å². The summed E-state index contributed by atoms with van der Waals surface area (Å²) in [6.45, 7) is 9.71. The molecule has 0 amide bonds. The van der Waals surface area contributed by atoms with E-state index in [1.165, 1.54) is 6.08 Å². The summed E-state index contributed by atoms with van der Waals surface area (Å²) in [5, 5.41) is 8.56. The summed E-state index contributed by atoms with van der Waals surface area (Å²) in [5.41, 5.74) is 0.862. The maximum Gasteiger partial charge on any atom is 0.328 e. The van der Waals surface area contributed by atoms with Gasteiger partial charge in [-0.25, -0.2) is 4.79 Å². The molecule has 0 spiro atoms. The third-order valence-electron chi connectivity index (χ3n) is 2.05. The van der Waals surface area contributed by atoms with Crippen LogP contribution < -0.4 is 0 Å². The van der Waals surface area contributed by atoms with Crippen LogP contribution >= 0.6 is 0 Å². The van der Waals surface area contributed by atoms with Gasteiger partial charge < -0.3 is 9.84 Å². The Labute approximate surface area is 91.5 Å². The molecule has 0 aromatic carbocycles. The highest BCUT2D eigenvalue weighted by Crippen LogP contribution is 1.98. The third-order valence-corrected chi connectivity index (χ3v) is 2.05. The first-order valence-corrected chi connectivity index (χ1v) is 5.30. The van der Waals surface area contributed by atoms with Gasteiger partial charge in [0.2, 0.25) is 0 Å². The van der Waals surface area contributed by atoms with E-state index in [9.17, 15) is 4.79 Å². The number of likely N-dealkylation sites (N-methyl/N-ethyl adjacent to an activating group) is 1. The molecule has 0 aromatic heterocycles. The maximum absolute atomic E-state index is 10.4. The molecule has 0 radical (unpaired) electrons. The van der Waals surface area contributed by atoms with Gasteiger partial charge in [0.1, 0.15) is 0 Å². The van der Waals surface area contributed by atoms with Gasteiger partial charge in [0.05, 0.1) is 6.61 Å². The van der Waals surface area contributed by atoms with Crippen molar-refractivity contribution in [3.8, 4) is 0 Å². The Bertz CT molecular complexity index is 214. The highest BCUT2D eigenvalue weighted by molar-refractivity contribution is 5.80. The van der Waals surface area contributed by atoms with E-state index in [1.54, 1.807) is 0 Å². The van der Waals surface area contributed by atoms with E-state index in [1.807, 2.05) is 13.8 Å². The van der Waals surface area contributed by atoms with Crippen molar-refractivity contribution in [2.24, 2.45) is 0 Å². The smallest absolute Gasteiger partial charge is 0.328 e. The molecular formula is C11H21NO3. The van der Waals surface area contributed by atoms with E-state index >= 15 is 0 Å². The van der Waals surface area contributed by atoms with E-state index < -0.39 is 5.97 Å². The normalized spacial score (nSPS) is 12.1. The topological polar surface area (TPSA) is 49.8 Å². The minimum atomic E-state index is -0.881. The molecule has 0 heterocycles. The molecule has 4 heteroatoms. The molecule has 0 aliphatic carbocycles. The van der Waals surface area contributed by atoms with Crippen LogP contribution in [0.1, 0.15) is 20.8 Å². The second kappa shape index (κ2) is 8.44. The predicted octanol–water partition coefficient (Wildman–Crippen LogP) is 1.38. The zero-order chi connectivity index (χ0) is 11.7. The summed E-state index contributed by atoms with van der Waals surface area (Å²) < 4.78 is 5.25. The predicted molar refractivity (Wildman–Crippen MR) is 60.0 cm³/mol. The molecule has 0 unspecified atom stereocenters. The van der Waals surface area contributed by atoms with Crippen LogP contribution in [0.3, 0.4) is 0 Å². The summed E-state index contributed by atoms with van der Waals surface area (Å²) in [5.74, 6) is -0.881. The minimum absolute atomic E-state index is 0.690. The van der Waals surface area contributed by atoms with Crippen LogP contribution in [-0.4, -0.2) is 48.8 Å². The Balaban J connectivity index is 3.92. The quantitative estimate of drug-likeness (QED) is 0.491. The van der Waals surface area contributed by atoms with E-state index in [0.29, 0.717) is 13.2 Å². The monoisotopic (exact) mass is 215 g/mol. The first kappa shape index (κ1) is 14.1. The second-order valence-corrected chi connectivity index (χ2v) is 3.39. The van der Waals surface area contributed by atoms with E-state index in [-0.39, 0.29) is 0 Å². The van der Waals surface area contributed by atoms with Crippen LogP contribution in [0.15, 0.2) is 11.6 Å². The highest BCUT2D eigenvalue weighted by Gasteiger charge is 2.03. The lowest BCUT2D eigenvalue weighted by Crippen LogP contribution is -2.29. The molecule has 0 aliphatic rings. The summed E-state index contributed by atoms with van der Waals surface area (Å²) in [4.78, 5) is 12.6. The lowest BCUT2D eigenvalue weighted by molar-refractivity contribution is -0.131. The molecule has 0 atom stereocenters. The molecule has 0 saturated carbocycles. The average Bonchev–Trinajstić information content (AvgIpc) is 2.15. The van der Waals surface area contributed by atoms with Crippen LogP contribution in [0.5, 0.6) is 0 Å². The first-order valence-electron chi connectivity index (χ1n) is 5.30. The van der Waals surface area contributed by atoms with Crippen molar-refractivity contribution >= 4 is 5.97 Å². The molecule has 15 heavy (non-hydrogen) atoms. The second-order valence-electron chi connectivity index (χ2n) is 3.39. The Kier molecular flexibility index (Phi) is 7.95. The van der Waals surface area contributed by atoms with E-state index in [2.05, 4.69) is 11.8 Å². The minimum Gasteiger partial charge on any atom is -0.478 e. The fourth-order valence-corrected chi connectivity index (χ4v) is 1.30. The van der Waals surface area contributed by atoms with Crippen LogP contribution in [0.4, 0.5) is 0 Å². The number of hydrogen-bond donors (Lipinski definition) is 1. The maximum atomic E-state index is 10.4. The van der Waals surface area contributed by atoms with E-state index in [0.717, 1.165) is 25.3 Å². The van der Waals surface area contributed by atoms with Crippen molar-refractivity contribution in [3.05, 3.63) is 11.6 Å². The first-order chi connectivity index (χ1) is 7.10. The van der Waals surface area contributed by atoms with Gasteiger partial charge in [-0.15, -0.1) is 0 Å². The summed E-state index contributed by atoms with van der Waals surface area (Å²) in [7, 11) is 0. The number of carbonyl (C=O) groups is 1. The standard InChI is InChI=1S/C11H21NO3/c1-4-12(6-7-15-5-2)9-10(3)8-11(13)14/h8H,4-7,9H2,1-3H3,(H,13,14). The zero-order valence-electron chi connectivity index (χ0n) is 9.82. The number of ether oxygens (including phenoxy) is 1. The Morgan fingerprint density at radius 1 is 1.47 bits per heavy atom. The fraction of sp³-hybridized carbons (Fsp3) is 0.727. The number of rotatable bonds is 8. The van der Waals surface area contributed by atoms with Gasteiger partial charge in [0.15, 0.2) is 0 Å². The lowest BCUT2D eigenvalue weighted by atomic mass is 10.2. The van der Waals surface area contributed by atoms with Gasteiger partial charge in [0.25, 0.3) is 0 Å². The van der Waals surface area contributed by atoms with Gasteiger partial charge >= 0.3 is 5.97 Å². The van der Waals surface area contributed by atoms with Gasteiger partial charge in [0, 0.05) is 25.8 Å². The molecule has 0 aromatic rings. The fourth-order valence-electron chi connectivity index (χ4n) is 1.30. The lowest BCUT2D eigenvalue weighted by Gasteiger charge is -2.20. The number of carboxylic acid groups (broad SMARTS) is 1. The van der Waals surface area contributed by atoms with Crippen molar-refractivity contribution in [2.45, 2.75) is 20.8 Å².